The molecule has 1 aromatic heterocycles. The Kier molecular flexibility index (Phi) is 4.97. The molecule has 0 aliphatic heterocycles. The lowest BCUT2D eigenvalue weighted by molar-refractivity contribution is 0.241. The van der Waals surface area contributed by atoms with Crippen LogP contribution < -0.4 is 5.73 Å². The number of thiazole rings is 1. The summed E-state index contributed by atoms with van der Waals surface area (Å²) < 4.78 is 39.8. The van der Waals surface area contributed by atoms with E-state index < -0.39 is 23.5 Å². The Balaban J connectivity index is 2.25. The third-order valence-corrected chi connectivity index (χ3v) is 4.30. The zero-order valence-corrected chi connectivity index (χ0v) is 12.6. The van der Waals surface area contributed by atoms with Gasteiger partial charge < -0.3 is 5.73 Å². The summed E-state index contributed by atoms with van der Waals surface area (Å²) in [5.41, 5.74) is 8.70. The lowest BCUT2D eigenvalue weighted by atomic mass is 10.0. The lowest BCUT2D eigenvalue weighted by Crippen LogP contribution is -2.30. The zero-order chi connectivity index (χ0) is 15.6. The molecule has 2 aromatic rings. The van der Waals surface area contributed by atoms with Gasteiger partial charge in [0.1, 0.15) is 0 Å². The van der Waals surface area contributed by atoms with E-state index in [9.17, 15) is 13.2 Å². The van der Waals surface area contributed by atoms with Crippen LogP contribution in [0.25, 0.3) is 0 Å². The van der Waals surface area contributed by atoms with E-state index in [1.54, 1.807) is 12.6 Å². The molecule has 0 radical (unpaired) electrons. The van der Waals surface area contributed by atoms with E-state index in [0.29, 0.717) is 12.1 Å². The van der Waals surface area contributed by atoms with Crippen molar-refractivity contribution in [2.45, 2.75) is 19.5 Å². The molecule has 2 rings (SSSR count). The van der Waals surface area contributed by atoms with Crippen LogP contribution in [0.1, 0.15) is 22.2 Å². The van der Waals surface area contributed by atoms with Crippen molar-refractivity contribution in [2.75, 3.05) is 13.6 Å². The summed E-state index contributed by atoms with van der Waals surface area (Å²) in [6, 6.07) is 1.58. The fraction of sp³-hybridized carbons (Fsp3) is 0.357. The van der Waals surface area contributed by atoms with Crippen LogP contribution in [-0.4, -0.2) is 23.5 Å². The standard InChI is InChI=1S/C14H16F3N3S/c1-8-13(21-7-19-8)6-20(2)12(5-18)9-3-10(15)14(17)11(16)4-9/h3-4,7,12H,5-6,18H2,1-2H3. The van der Waals surface area contributed by atoms with E-state index in [2.05, 4.69) is 4.98 Å². The molecule has 1 unspecified atom stereocenters. The van der Waals surface area contributed by atoms with Gasteiger partial charge in [0, 0.05) is 24.0 Å². The van der Waals surface area contributed by atoms with Crippen LogP contribution >= 0.6 is 11.3 Å². The number of aromatic nitrogens is 1. The minimum absolute atomic E-state index is 0.166. The average molecular weight is 315 g/mol. The Labute approximate surface area is 125 Å². The van der Waals surface area contributed by atoms with Crippen LogP contribution in [0.5, 0.6) is 0 Å². The summed E-state index contributed by atoms with van der Waals surface area (Å²) in [6.07, 6.45) is 0. The molecule has 2 N–H and O–H groups in total. The number of aryl methyl sites for hydroxylation is 1. The Hall–Kier alpha value is -1.44. The maximum Gasteiger partial charge on any atom is 0.194 e. The first kappa shape index (κ1) is 15.9. The van der Waals surface area contributed by atoms with Crippen molar-refractivity contribution in [1.29, 1.82) is 0 Å². The number of rotatable bonds is 5. The molecule has 7 heteroatoms. The molecule has 114 valence electrons. The molecule has 1 atom stereocenters. The highest BCUT2D eigenvalue weighted by Crippen LogP contribution is 2.25. The van der Waals surface area contributed by atoms with Gasteiger partial charge in [-0.05, 0) is 31.7 Å². The van der Waals surface area contributed by atoms with E-state index in [0.717, 1.165) is 22.7 Å². The number of benzene rings is 1. The van der Waals surface area contributed by atoms with Crippen LogP contribution in [-0.2, 0) is 6.54 Å². The molecular weight excluding hydrogens is 299 g/mol. The molecule has 0 amide bonds. The molecule has 0 bridgehead atoms. The van der Waals surface area contributed by atoms with Crippen molar-refractivity contribution >= 4 is 11.3 Å². The topological polar surface area (TPSA) is 42.2 Å². The number of nitrogens with two attached hydrogens (primary N) is 1. The molecule has 0 aliphatic carbocycles. The number of hydrogen-bond donors (Lipinski definition) is 1. The maximum absolute atomic E-state index is 13.4. The Morgan fingerprint density at radius 3 is 2.38 bits per heavy atom. The van der Waals surface area contributed by atoms with Crippen LogP contribution in [0.4, 0.5) is 13.2 Å². The van der Waals surface area contributed by atoms with Gasteiger partial charge >= 0.3 is 0 Å². The molecular formula is C14H16F3N3S. The smallest absolute Gasteiger partial charge is 0.194 e. The predicted molar refractivity (Wildman–Crippen MR) is 76.4 cm³/mol. The maximum atomic E-state index is 13.4. The first-order valence-corrected chi connectivity index (χ1v) is 7.25. The summed E-state index contributed by atoms with van der Waals surface area (Å²) in [5, 5.41) is 0. The molecule has 0 saturated heterocycles. The summed E-state index contributed by atoms with van der Waals surface area (Å²) in [7, 11) is 1.80. The molecule has 1 aromatic carbocycles. The summed E-state index contributed by atoms with van der Waals surface area (Å²) in [4.78, 5) is 7.08. The van der Waals surface area contributed by atoms with Gasteiger partial charge in [-0.25, -0.2) is 18.2 Å². The molecule has 21 heavy (non-hydrogen) atoms. The van der Waals surface area contributed by atoms with Gasteiger partial charge in [-0.15, -0.1) is 11.3 Å². The Bertz CT molecular complexity index is 607. The number of nitrogens with zero attached hydrogens (tertiary/aromatic N) is 2. The van der Waals surface area contributed by atoms with Crippen molar-refractivity contribution < 1.29 is 13.2 Å². The summed E-state index contributed by atoms with van der Waals surface area (Å²) in [6.45, 7) is 2.62. The van der Waals surface area contributed by atoms with Gasteiger partial charge in [0.25, 0.3) is 0 Å². The molecule has 0 aliphatic rings. The fourth-order valence-electron chi connectivity index (χ4n) is 2.15. The van der Waals surface area contributed by atoms with Crippen LogP contribution in [0.15, 0.2) is 17.6 Å². The minimum Gasteiger partial charge on any atom is -0.329 e. The predicted octanol–water partition coefficient (Wildman–Crippen LogP) is 3.00. The molecule has 0 saturated carbocycles. The van der Waals surface area contributed by atoms with E-state index >= 15 is 0 Å². The number of likely N-dealkylation sites (N-methyl/N-ethyl adjacent to an activating group) is 1. The highest BCUT2D eigenvalue weighted by atomic mass is 32.1. The average Bonchev–Trinajstić information content (AvgIpc) is 2.82. The van der Waals surface area contributed by atoms with E-state index in [1.165, 1.54) is 11.3 Å². The van der Waals surface area contributed by atoms with Gasteiger partial charge in [-0.1, -0.05) is 0 Å². The van der Waals surface area contributed by atoms with Crippen LogP contribution in [0.3, 0.4) is 0 Å². The highest BCUT2D eigenvalue weighted by Gasteiger charge is 2.21. The monoisotopic (exact) mass is 315 g/mol. The van der Waals surface area contributed by atoms with E-state index in [-0.39, 0.29) is 6.54 Å². The molecule has 1 heterocycles. The third kappa shape index (κ3) is 3.42. The first-order valence-electron chi connectivity index (χ1n) is 6.37. The van der Waals surface area contributed by atoms with Crippen LogP contribution in [0, 0.1) is 24.4 Å². The van der Waals surface area contributed by atoms with Crippen molar-refractivity contribution in [3.63, 3.8) is 0 Å². The molecule has 0 fully saturated rings. The van der Waals surface area contributed by atoms with Gasteiger partial charge in [0.2, 0.25) is 0 Å². The summed E-state index contributed by atoms with van der Waals surface area (Å²) >= 11 is 1.51. The number of hydrogen-bond acceptors (Lipinski definition) is 4. The third-order valence-electron chi connectivity index (χ3n) is 3.38. The van der Waals surface area contributed by atoms with Gasteiger partial charge in [-0.3, -0.25) is 4.90 Å². The van der Waals surface area contributed by atoms with Crippen molar-refractivity contribution in [3.8, 4) is 0 Å². The van der Waals surface area contributed by atoms with Gasteiger partial charge in [0.15, 0.2) is 17.5 Å². The minimum atomic E-state index is -1.46. The lowest BCUT2D eigenvalue weighted by Gasteiger charge is -2.27. The second-order valence-corrected chi connectivity index (χ2v) is 5.77. The fourth-order valence-corrected chi connectivity index (χ4v) is 2.99. The van der Waals surface area contributed by atoms with E-state index in [1.807, 2.05) is 11.8 Å². The van der Waals surface area contributed by atoms with Gasteiger partial charge in [-0.2, -0.15) is 0 Å². The SMILES string of the molecule is Cc1ncsc1CN(C)C(CN)c1cc(F)c(F)c(F)c1. The van der Waals surface area contributed by atoms with Crippen molar-refractivity contribution in [2.24, 2.45) is 5.73 Å². The van der Waals surface area contributed by atoms with Gasteiger partial charge in [0.05, 0.1) is 11.2 Å². The van der Waals surface area contributed by atoms with Crippen LogP contribution in [0.2, 0.25) is 0 Å². The first-order chi connectivity index (χ1) is 9.93. The Morgan fingerprint density at radius 1 is 1.29 bits per heavy atom. The van der Waals surface area contributed by atoms with E-state index in [4.69, 9.17) is 5.73 Å². The second kappa shape index (κ2) is 6.55. The van der Waals surface area contributed by atoms with Crippen molar-refractivity contribution in [1.82, 2.24) is 9.88 Å². The summed E-state index contributed by atoms with van der Waals surface area (Å²) in [5.74, 6) is -3.87. The molecule has 3 nitrogen and oxygen atoms in total. The van der Waals surface area contributed by atoms with Crippen molar-refractivity contribution in [3.05, 3.63) is 51.2 Å². The highest BCUT2D eigenvalue weighted by molar-refractivity contribution is 7.09. The Morgan fingerprint density at radius 2 is 1.90 bits per heavy atom. The normalized spacial score (nSPS) is 12.9. The second-order valence-electron chi connectivity index (χ2n) is 4.83. The quantitative estimate of drug-likeness (QED) is 0.863. The molecule has 0 spiro atoms. The largest absolute Gasteiger partial charge is 0.329 e. The number of halogens is 3. The zero-order valence-electron chi connectivity index (χ0n) is 11.7.